The normalized spacial score (nSPS) is 22.7. The maximum atomic E-state index is 6.29. The van der Waals surface area contributed by atoms with Crippen molar-refractivity contribution in [1.82, 2.24) is 19.7 Å². The summed E-state index contributed by atoms with van der Waals surface area (Å²) < 4.78 is 14.0. The average Bonchev–Trinajstić information content (AvgIpc) is 3.25. The van der Waals surface area contributed by atoms with Crippen LogP contribution in [-0.2, 0) is 18.3 Å². The molecule has 0 amide bonds. The highest BCUT2D eigenvalue weighted by Crippen LogP contribution is 2.42. The highest BCUT2D eigenvalue weighted by molar-refractivity contribution is 5.15. The number of hydrogen-bond acceptors (Lipinski definition) is 5. The van der Waals surface area contributed by atoms with Gasteiger partial charge in [0.25, 0.3) is 0 Å². The molecule has 140 valence electrons. The molecule has 1 unspecified atom stereocenters. The van der Waals surface area contributed by atoms with Crippen LogP contribution in [0, 0.1) is 5.92 Å². The van der Waals surface area contributed by atoms with E-state index in [2.05, 4.69) is 21.2 Å². The maximum absolute atomic E-state index is 6.29. The fourth-order valence-corrected chi connectivity index (χ4v) is 4.40. The van der Waals surface area contributed by atoms with Crippen molar-refractivity contribution in [3.05, 3.63) is 42.5 Å². The monoisotopic (exact) mass is 356 g/mol. The Morgan fingerprint density at radius 2 is 2.19 bits per heavy atom. The van der Waals surface area contributed by atoms with Crippen molar-refractivity contribution in [1.29, 1.82) is 0 Å². The van der Waals surface area contributed by atoms with E-state index in [4.69, 9.17) is 9.47 Å². The minimum Gasteiger partial charge on any atom is -0.492 e. The highest BCUT2D eigenvalue weighted by Gasteiger charge is 2.45. The Labute approximate surface area is 155 Å². The fourth-order valence-electron chi connectivity index (χ4n) is 4.40. The molecule has 2 saturated heterocycles. The van der Waals surface area contributed by atoms with Crippen LogP contribution in [0.2, 0.25) is 0 Å². The van der Waals surface area contributed by atoms with Gasteiger partial charge in [-0.25, -0.2) is 0 Å². The Balaban J connectivity index is 1.27. The second kappa shape index (κ2) is 7.76. The van der Waals surface area contributed by atoms with E-state index in [1.54, 1.807) is 12.4 Å². The lowest BCUT2D eigenvalue weighted by Gasteiger charge is -2.42. The first-order valence-electron chi connectivity index (χ1n) is 9.60. The van der Waals surface area contributed by atoms with Crippen molar-refractivity contribution in [2.75, 3.05) is 26.3 Å². The molecule has 1 spiro atoms. The van der Waals surface area contributed by atoms with Crippen LogP contribution in [0.5, 0.6) is 5.75 Å². The third-order valence-corrected chi connectivity index (χ3v) is 5.84. The van der Waals surface area contributed by atoms with Crippen molar-refractivity contribution < 1.29 is 9.47 Å². The Morgan fingerprint density at radius 1 is 1.31 bits per heavy atom. The predicted octanol–water partition coefficient (Wildman–Crippen LogP) is 2.66. The first-order chi connectivity index (χ1) is 12.7. The summed E-state index contributed by atoms with van der Waals surface area (Å²) in [6.07, 6.45) is 12.1. The van der Waals surface area contributed by atoms with Gasteiger partial charge in [-0.2, -0.15) is 5.10 Å². The second-order valence-electron chi connectivity index (χ2n) is 7.52. The molecule has 2 aromatic rings. The first-order valence-corrected chi connectivity index (χ1v) is 9.60. The lowest BCUT2D eigenvalue weighted by molar-refractivity contribution is -0.0708. The van der Waals surface area contributed by atoms with Gasteiger partial charge in [-0.15, -0.1) is 0 Å². The number of nitrogens with zero attached hydrogens (tertiary/aromatic N) is 4. The summed E-state index contributed by atoms with van der Waals surface area (Å²) in [5, 5.41) is 4.27. The SMILES string of the molecule is Cn1cc(CN2CCC3(CC2)OCCC3CCOc2cccnc2)cn1. The van der Waals surface area contributed by atoms with Crippen molar-refractivity contribution in [3.8, 4) is 5.75 Å². The summed E-state index contributed by atoms with van der Waals surface area (Å²) >= 11 is 0. The van der Waals surface area contributed by atoms with Gasteiger partial charge >= 0.3 is 0 Å². The third-order valence-electron chi connectivity index (χ3n) is 5.84. The van der Waals surface area contributed by atoms with Crippen LogP contribution in [0.3, 0.4) is 0 Å². The van der Waals surface area contributed by atoms with Gasteiger partial charge in [0.05, 0.1) is 24.6 Å². The molecule has 2 aliphatic heterocycles. The van der Waals surface area contributed by atoms with Gasteiger partial charge in [0, 0.05) is 51.2 Å². The zero-order valence-corrected chi connectivity index (χ0v) is 15.5. The van der Waals surface area contributed by atoms with E-state index in [0.717, 1.165) is 64.3 Å². The van der Waals surface area contributed by atoms with E-state index in [-0.39, 0.29) is 5.60 Å². The van der Waals surface area contributed by atoms with Crippen LogP contribution in [0.25, 0.3) is 0 Å². The average molecular weight is 356 g/mol. The van der Waals surface area contributed by atoms with Crippen molar-refractivity contribution in [2.45, 2.75) is 37.8 Å². The summed E-state index contributed by atoms with van der Waals surface area (Å²) in [6.45, 7) is 4.80. The smallest absolute Gasteiger partial charge is 0.137 e. The van der Waals surface area contributed by atoms with E-state index in [1.807, 2.05) is 30.1 Å². The highest BCUT2D eigenvalue weighted by atomic mass is 16.5. The number of hydrogen-bond donors (Lipinski definition) is 0. The fraction of sp³-hybridized carbons (Fsp3) is 0.600. The van der Waals surface area contributed by atoms with Gasteiger partial charge in [-0.3, -0.25) is 14.6 Å². The number of pyridine rings is 1. The zero-order valence-electron chi connectivity index (χ0n) is 15.5. The van der Waals surface area contributed by atoms with Gasteiger partial charge in [0.1, 0.15) is 5.75 Å². The molecule has 0 N–H and O–H groups in total. The molecule has 26 heavy (non-hydrogen) atoms. The van der Waals surface area contributed by atoms with Crippen LogP contribution in [0.15, 0.2) is 36.9 Å². The number of aromatic nitrogens is 3. The number of rotatable bonds is 6. The lowest BCUT2D eigenvalue weighted by atomic mass is 9.78. The van der Waals surface area contributed by atoms with Gasteiger partial charge in [-0.1, -0.05) is 0 Å². The molecule has 2 fully saturated rings. The molecule has 0 radical (unpaired) electrons. The molecule has 0 aliphatic carbocycles. The van der Waals surface area contributed by atoms with Crippen molar-refractivity contribution >= 4 is 0 Å². The molecule has 0 aromatic carbocycles. The number of aryl methyl sites for hydroxylation is 1. The number of ether oxygens (including phenoxy) is 2. The Kier molecular flexibility index (Phi) is 5.22. The Bertz CT molecular complexity index is 695. The molecule has 4 rings (SSSR count). The standard InChI is InChI=1S/C20H28N4O2/c1-23-15-17(13-22-23)16-24-9-6-20(7-10-24)18(5-12-26-20)4-11-25-19-3-2-8-21-14-19/h2-3,8,13-15,18H,4-7,9-12,16H2,1H3. The molecular formula is C20H28N4O2. The predicted molar refractivity (Wildman–Crippen MR) is 98.9 cm³/mol. The molecule has 2 aliphatic rings. The number of likely N-dealkylation sites (tertiary alicyclic amines) is 1. The lowest BCUT2D eigenvalue weighted by Crippen LogP contribution is -2.47. The third kappa shape index (κ3) is 3.91. The van der Waals surface area contributed by atoms with Crippen molar-refractivity contribution in [2.24, 2.45) is 13.0 Å². The quantitative estimate of drug-likeness (QED) is 0.796. The zero-order chi connectivity index (χ0) is 17.8. The molecule has 6 nitrogen and oxygen atoms in total. The maximum Gasteiger partial charge on any atom is 0.137 e. The molecule has 4 heterocycles. The molecule has 2 aromatic heterocycles. The van der Waals surface area contributed by atoms with Crippen LogP contribution in [-0.4, -0.2) is 51.6 Å². The minimum atomic E-state index is 0.0593. The van der Waals surface area contributed by atoms with Gasteiger partial charge in [0.15, 0.2) is 0 Å². The second-order valence-corrected chi connectivity index (χ2v) is 7.52. The summed E-state index contributed by atoms with van der Waals surface area (Å²) in [4.78, 5) is 6.62. The van der Waals surface area contributed by atoms with Gasteiger partial charge in [0.2, 0.25) is 0 Å². The van der Waals surface area contributed by atoms with E-state index >= 15 is 0 Å². The van der Waals surface area contributed by atoms with E-state index < -0.39 is 0 Å². The minimum absolute atomic E-state index is 0.0593. The molecular weight excluding hydrogens is 328 g/mol. The molecule has 1 atom stereocenters. The van der Waals surface area contributed by atoms with Crippen LogP contribution < -0.4 is 4.74 Å². The largest absolute Gasteiger partial charge is 0.492 e. The Morgan fingerprint density at radius 3 is 2.92 bits per heavy atom. The van der Waals surface area contributed by atoms with Crippen LogP contribution in [0.4, 0.5) is 0 Å². The van der Waals surface area contributed by atoms with Crippen LogP contribution in [0.1, 0.15) is 31.2 Å². The molecule has 0 bridgehead atoms. The van der Waals surface area contributed by atoms with Crippen molar-refractivity contribution in [3.63, 3.8) is 0 Å². The molecule has 6 heteroatoms. The van der Waals surface area contributed by atoms with Gasteiger partial charge in [-0.05, 0) is 43.7 Å². The summed E-state index contributed by atoms with van der Waals surface area (Å²) in [5.74, 6) is 1.45. The molecule has 0 saturated carbocycles. The van der Waals surface area contributed by atoms with Crippen LogP contribution >= 0.6 is 0 Å². The topological polar surface area (TPSA) is 52.4 Å². The van der Waals surface area contributed by atoms with E-state index in [1.165, 1.54) is 5.56 Å². The van der Waals surface area contributed by atoms with E-state index in [0.29, 0.717) is 5.92 Å². The summed E-state index contributed by atoms with van der Waals surface area (Å²) in [6, 6.07) is 3.87. The first kappa shape index (κ1) is 17.5. The van der Waals surface area contributed by atoms with Gasteiger partial charge < -0.3 is 9.47 Å². The summed E-state index contributed by atoms with van der Waals surface area (Å²) in [5.41, 5.74) is 1.35. The Hall–Kier alpha value is -1.92. The summed E-state index contributed by atoms with van der Waals surface area (Å²) in [7, 11) is 1.97. The number of piperidine rings is 1. The van der Waals surface area contributed by atoms with E-state index in [9.17, 15) is 0 Å².